The number of hydrogen-bond acceptors (Lipinski definition) is 5. The van der Waals surface area contributed by atoms with Crippen molar-refractivity contribution in [3.05, 3.63) is 29.3 Å². The molecule has 2 aromatic rings. The minimum absolute atomic E-state index is 0.312. The maximum Gasteiger partial charge on any atom is 0.231 e. The Bertz CT molecular complexity index is 690. The SMILES string of the molecule is CC1CCCC(C)N1Cc1csc(-c2ccc3c(c2)OCO3)n1. The fraction of sp³-hybridized carbons (Fsp3) is 0.500. The van der Waals surface area contributed by atoms with Crippen molar-refractivity contribution in [2.75, 3.05) is 6.79 Å². The van der Waals surface area contributed by atoms with Gasteiger partial charge in [-0.3, -0.25) is 4.90 Å². The molecule has 0 N–H and O–H groups in total. The van der Waals surface area contributed by atoms with Gasteiger partial charge in [-0.2, -0.15) is 0 Å². The van der Waals surface area contributed by atoms with Gasteiger partial charge in [0.25, 0.3) is 0 Å². The Kier molecular flexibility index (Phi) is 3.99. The average molecular weight is 330 g/mol. The third kappa shape index (κ3) is 2.95. The van der Waals surface area contributed by atoms with Crippen LogP contribution in [0.4, 0.5) is 0 Å². The van der Waals surface area contributed by atoms with Crippen molar-refractivity contribution < 1.29 is 9.47 Å². The van der Waals surface area contributed by atoms with Crippen LogP contribution in [0.1, 0.15) is 38.8 Å². The molecule has 0 amide bonds. The summed E-state index contributed by atoms with van der Waals surface area (Å²) in [4.78, 5) is 7.43. The van der Waals surface area contributed by atoms with E-state index in [-0.39, 0.29) is 0 Å². The predicted molar refractivity (Wildman–Crippen MR) is 92.0 cm³/mol. The van der Waals surface area contributed by atoms with E-state index in [1.807, 2.05) is 12.1 Å². The molecule has 2 aliphatic heterocycles. The summed E-state index contributed by atoms with van der Waals surface area (Å²) in [6, 6.07) is 7.34. The summed E-state index contributed by atoms with van der Waals surface area (Å²) < 4.78 is 10.8. The lowest BCUT2D eigenvalue weighted by Crippen LogP contribution is -2.43. The highest BCUT2D eigenvalue weighted by molar-refractivity contribution is 7.13. The maximum absolute atomic E-state index is 5.46. The van der Waals surface area contributed by atoms with E-state index < -0.39 is 0 Å². The predicted octanol–water partition coefficient (Wildman–Crippen LogP) is 4.30. The van der Waals surface area contributed by atoms with Gasteiger partial charge in [-0.1, -0.05) is 6.42 Å². The van der Waals surface area contributed by atoms with E-state index in [9.17, 15) is 0 Å². The van der Waals surface area contributed by atoms with Gasteiger partial charge in [0.15, 0.2) is 11.5 Å². The van der Waals surface area contributed by atoms with Crippen molar-refractivity contribution in [3.63, 3.8) is 0 Å². The number of fused-ring (bicyclic) bond motifs is 1. The molecule has 2 aliphatic rings. The van der Waals surface area contributed by atoms with Crippen molar-refractivity contribution in [2.45, 2.75) is 51.7 Å². The summed E-state index contributed by atoms with van der Waals surface area (Å²) >= 11 is 1.70. The van der Waals surface area contributed by atoms with Crippen molar-refractivity contribution in [1.82, 2.24) is 9.88 Å². The molecule has 1 saturated heterocycles. The zero-order valence-electron chi connectivity index (χ0n) is 13.6. The van der Waals surface area contributed by atoms with E-state index in [2.05, 4.69) is 30.2 Å². The molecule has 4 nitrogen and oxygen atoms in total. The number of rotatable bonds is 3. The number of nitrogens with zero attached hydrogens (tertiary/aromatic N) is 2. The molecule has 2 unspecified atom stereocenters. The lowest BCUT2D eigenvalue weighted by atomic mass is 9.97. The third-order valence-corrected chi connectivity index (χ3v) is 5.83. The van der Waals surface area contributed by atoms with E-state index in [0.29, 0.717) is 18.9 Å². The van der Waals surface area contributed by atoms with Crippen LogP contribution in [0.5, 0.6) is 11.5 Å². The Labute approximate surface area is 141 Å². The minimum Gasteiger partial charge on any atom is -0.454 e. The van der Waals surface area contributed by atoms with Crippen LogP contribution in [0.25, 0.3) is 10.6 Å². The topological polar surface area (TPSA) is 34.6 Å². The first-order valence-corrected chi connectivity index (χ1v) is 9.19. The number of likely N-dealkylation sites (tertiary alicyclic amines) is 1. The van der Waals surface area contributed by atoms with Gasteiger partial charge in [-0.15, -0.1) is 11.3 Å². The first-order valence-electron chi connectivity index (χ1n) is 8.31. The zero-order valence-corrected chi connectivity index (χ0v) is 14.4. The smallest absolute Gasteiger partial charge is 0.231 e. The molecule has 0 radical (unpaired) electrons. The molecule has 1 aromatic heterocycles. The van der Waals surface area contributed by atoms with Crippen LogP contribution in [-0.2, 0) is 6.54 Å². The fourth-order valence-corrected chi connectivity index (χ4v) is 4.32. The number of ether oxygens (including phenoxy) is 2. The van der Waals surface area contributed by atoms with Gasteiger partial charge < -0.3 is 9.47 Å². The van der Waals surface area contributed by atoms with E-state index in [4.69, 9.17) is 14.5 Å². The number of hydrogen-bond donors (Lipinski definition) is 0. The van der Waals surface area contributed by atoms with Gasteiger partial charge in [-0.05, 0) is 44.9 Å². The summed E-state index contributed by atoms with van der Waals surface area (Å²) in [7, 11) is 0. The number of thiazole rings is 1. The highest BCUT2D eigenvalue weighted by Gasteiger charge is 2.25. The van der Waals surface area contributed by atoms with Crippen LogP contribution in [0.3, 0.4) is 0 Å². The summed E-state index contributed by atoms with van der Waals surface area (Å²) in [6.07, 6.45) is 3.94. The summed E-state index contributed by atoms with van der Waals surface area (Å²) in [5.74, 6) is 1.64. The van der Waals surface area contributed by atoms with E-state index in [1.54, 1.807) is 11.3 Å². The standard InChI is InChI=1S/C18H22N2O2S/c1-12-4-3-5-13(2)20(12)9-15-10-23-18(19-15)14-6-7-16-17(8-14)22-11-21-16/h6-8,10,12-13H,3-5,9,11H2,1-2H3. The Balaban J connectivity index is 1.52. The molecule has 3 heterocycles. The van der Waals surface area contributed by atoms with Crippen LogP contribution in [-0.4, -0.2) is 28.8 Å². The molecule has 2 atom stereocenters. The van der Waals surface area contributed by atoms with Crippen LogP contribution < -0.4 is 9.47 Å². The molecule has 0 aliphatic carbocycles. The molecule has 1 fully saturated rings. The fourth-order valence-electron chi connectivity index (χ4n) is 3.52. The molecule has 4 rings (SSSR count). The van der Waals surface area contributed by atoms with Crippen molar-refractivity contribution >= 4 is 11.3 Å². The van der Waals surface area contributed by atoms with Crippen molar-refractivity contribution in [2.24, 2.45) is 0 Å². The van der Waals surface area contributed by atoms with E-state index in [0.717, 1.165) is 28.6 Å². The second-order valence-electron chi connectivity index (χ2n) is 6.51. The van der Waals surface area contributed by atoms with Gasteiger partial charge >= 0.3 is 0 Å². The maximum atomic E-state index is 5.46. The monoisotopic (exact) mass is 330 g/mol. The minimum atomic E-state index is 0.312. The Morgan fingerprint density at radius 2 is 1.96 bits per heavy atom. The molecule has 5 heteroatoms. The Morgan fingerprint density at radius 3 is 2.78 bits per heavy atom. The van der Waals surface area contributed by atoms with Crippen LogP contribution in [0.15, 0.2) is 23.6 Å². The van der Waals surface area contributed by atoms with Gasteiger partial charge in [-0.25, -0.2) is 4.98 Å². The van der Waals surface area contributed by atoms with Gasteiger partial charge in [0.2, 0.25) is 6.79 Å². The normalized spacial score (nSPS) is 24.1. The zero-order chi connectivity index (χ0) is 15.8. The lowest BCUT2D eigenvalue weighted by molar-refractivity contribution is 0.0941. The highest BCUT2D eigenvalue weighted by atomic mass is 32.1. The Morgan fingerprint density at radius 1 is 1.17 bits per heavy atom. The first-order chi connectivity index (χ1) is 11.2. The van der Waals surface area contributed by atoms with Crippen molar-refractivity contribution in [1.29, 1.82) is 0 Å². The van der Waals surface area contributed by atoms with Gasteiger partial charge in [0.05, 0.1) is 5.69 Å². The molecule has 0 saturated carbocycles. The molecular weight excluding hydrogens is 308 g/mol. The highest BCUT2D eigenvalue weighted by Crippen LogP contribution is 2.37. The number of aromatic nitrogens is 1. The quantitative estimate of drug-likeness (QED) is 0.840. The van der Waals surface area contributed by atoms with Crippen LogP contribution in [0, 0.1) is 0 Å². The van der Waals surface area contributed by atoms with Crippen LogP contribution >= 0.6 is 11.3 Å². The molecular formula is C18H22N2O2S. The number of benzene rings is 1. The second kappa shape index (κ2) is 6.13. The van der Waals surface area contributed by atoms with Crippen molar-refractivity contribution in [3.8, 4) is 22.1 Å². The largest absolute Gasteiger partial charge is 0.454 e. The molecule has 0 bridgehead atoms. The first kappa shape index (κ1) is 15.0. The molecule has 122 valence electrons. The van der Waals surface area contributed by atoms with Gasteiger partial charge in [0.1, 0.15) is 5.01 Å². The van der Waals surface area contributed by atoms with E-state index >= 15 is 0 Å². The molecule has 0 spiro atoms. The summed E-state index contributed by atoms with van der Waals surface area (Å²) in [5, 5.41) is 3.24. The summed E-state index contributed by atoms with van der Waals surface area (Å²) in [6.45, 7) is 5.93. The van der Waals surface area contributed by atoms with E-state index in [1.165, 1.54) is 25.0 Å². The molecule has 1 aromatic carbocycles. The summed E-state index contributed by atoms with van der Waals surface area (Å²) in [5.41, 5.74) is 2.27. The molecule has 23 heavy (non-hydrogen) atoms. The second-order valence-corrected chi connectivity index (χ2v) is 7.37. The van der Waals surface area contributed by atoms with Crippen LogP contribution in [0.2, 0.25) is 0 Å². The Hall–Kier alpha value is -1.59. The third-order valence-electron chi connectivity index (χ3n) is 4.89. The number of piperidine rings is 1. The lowest BCUT2D eigenvalue weighted by Gasteiger charge is -2.38. The van der Waals surface area contributed by atoms with Gasteiger partial charge in [0, 0.05) is 29.6 Å². The average Bonchev–Trinajstić information content (AvgIpc) is 3.19.